The van der Waals surface area contributed by atoms with Crippen LogP contribution < -0.4 is 16.0 Å². The molecule has 1 saturated heterocycles. The third-order valence-corrected chi connectivity index (χ3v) is 3.20. The lowest BCUT2D eigenvalue weighted by atomic mass is 10.1. The molecular weight excluding hydrogens is 254 g/mol. The van der Waals surface area contributed by atoms with E-state index in [1.165, 1.54) is 25.5 Å². The predicted octanol–water partition coefficient (Wildman–Crippen LogP) is 1.28. The molecule has 0 unspecified atom stereocenters. The number of nitrogen functional groups attached to an aromatic ring is 1. The minimum absolute atomic E-state index is 0.298. The Kier molecular flexibility index (Phi) is 4.98. The number of ether oxygens (including phenoxy) is 1. The SMILES string of the molecule is NNc1ncc(Cl)c(OCCN2CCCCC2)n1. The lowest BCUT2D eigenvalue weighted by Crippen LogP contribution is -2.33. The first-order chi connectivity index (χ1) is 8.79. The summed E-state index contributed by atoms with van der Waals surface area (Å²) in [6.07, 6.45) is 5.35. The third-order valence-electron chi connectivity index (χ3n) is 2.94. The molecule has 1 aromatic heterocycles. The first kappa shape index (κ1) is 13.3. The van der Waals surface area contributed by atoms with E-state index in [-0.39, 0.29) is 0 Å². The van der Waals surface area contributed by atoms with Crippen molar-refractivity contribution in [1.82, 2.24) is 14.9 Å². The van der Waals surface area contributed by atoms with Crippen molar-refractivity contribution in [3.63, 3.8) is 0 Å². The van der Waals surface area contributed by atoms with E-state index in [2.05, 4.69) is 20.3 Å². The summed E-state index contributed by atoms with van der Waals surface area (Å²) in [5.41, 5.74) is 2.36. The van der Waals surface area contributed by atoms with E-state index in [1.807, 2.05) is 0 Å². The average Bonchev–Trinajstić information content (AvgIpc) is 2.42. The zero-order valence-corrected chi connectivity index (χ0v) is 11.0. The molecule has 1 aromatic rings. The number of hydrazine groups is 1. The monoisotopic (exact) mass is 271 g/mol. The van der Waals surface area contributed by atoms with Crippen LogP contribution in [0.1, 0.15) is 19.3 Å². The lowest BCUT2D eigenvalue weighted by Gasteiger charge is -2.26. The van der Waals surface area contributed by atoms with Crippen molar-refractivity contribution in [3.05, 3.63) is 11.2 Å². The Morgan fingerprint density at radius 2 is 2.17 bits per heavy atom. The van der Waals surface area contributed by atoms with Crippen LogP contribution in [0.5, 0.6) is 5.88 Å². The smallest absolute Gasteiger partial charge is 0.240 e. The van der Waals surface area contributed by atoms with Gasteiger partial charge in [-0.2, -0.15) is 4.98 Å². The van der Waals surface area contributed by atoms with Crippen molar-refractivity contribution in [1.29, 1.82) is 0 Å². The number of piperidine rings is 1. The highest BCUT2D eigenvalue weighted by molar-refractivity contribution is 6.31. The largest absolute Gasteiger partial charge is 0.475 e. The van der Waals surface area contributed by atoms with E-state index in [1.54, 1.807) is 0 Å². The molecule has 7 heteroatoms. The Morgan fingerprint density at radius 3 is 2.89 bits per heavy atom. The van der Waals surface area contributed by atoms with Gasteiger partial charge in [-0.3, -0.25) is 10.3 Å². The Labute approximate surface area is 111 Å². The number of hydrogen-bond acceptors (Lipinski definition) is 6. The Morgan fingerprint density at radius 1 is 1.39 bits per heavy atom. The Bertz CT molecular complexity index is 384. The molecule has 0 atom stereocenters. The van der Waals surface area contributed by atoms with Crippen molar-refractivity contribution in [3.8, 4) is 5.88 Å². The summed E-state index contributed by atoms with van der Waals surface area (Å²) in [5.74, 6) is 5.90. The number of nitrogens with two attached hydrogens (primary N) is 1. The molecule has 6 nitrogen and oxygen atoms in total. The van der Waals surface area contributed by atoms with E-state index in [4.69, 9.17) is 22.2 Å². The van der Waals surface area contributed by atoms with Gasteiger partial charge < -0.3 is 4.74 Å². The van der Waals surface area contributed by atoms with Crippen molar-refractivity contribution in [2.24, 2.45) is 5.84 Å². The van der Waals surface area contributed by atoms with E-state index < -0.39 is 0 Å². The highest BCUT2D eigenvalue weighted by Crippen LogP contribution is 2.21. The maximum atomic E-state index is 5.94. The number of nitrogens with one attached hydrogen (secondary N) is 1. The number of nitrogens with zero attached hydrogens (tertiary/aromatic N) is 3. The number of aromatic nitrogens is 2. The highest BCUT2D eigenvalue weighted by Gasteiger charge is 2.11. The van der Waals surface area contributed by atoms with Crippen molar-refractivity contribution in [2.75, 3.05) is 31.7 Å². The van der Waals surface area contributed by atoms with E-state index in [0.717, 1.165) is 19.6 Å². The van der Waals surface area contributed by atoms with Crippen LogP contribution in [0.3, 0.4) is 0 Å². The molecule has 3 N–H and O–H groups in total. The number of halogens is 1. The van der Waals surface area contributed by atoms with Gasteiger partial charge in [0.05, 0.1) is 6.20 Å². The second-order valence-electron chi connectivity index (χ2n) is 4.24. The quantitative estimate of drug-likeness (QED) is 0.621. The average molecular weight is 272 g/mol. The molecule has 0 aromatic carbocycles. The second-order valence-corrected chi connectivity index (χ2v) is 4.65. The van der Waals surface area contributed by atoms with Gasteiger partial charge in [-0.1, -0.05) is 18.0 Å². The molecule has 1 fully saturated rings. The standard InChI is InChI=1S/C11H18ClN5O/c12-9-8-14-11(16-13)15-10(9)18-7-6-17-4-2-1-3-5-17/h8H,1-7,13H2,(H,14,15,16). The first-order valence-electron chi connectivity index (χ1n) is 6.14. The van der Waals surface area contributed by atoms with Crippen LogP contribution in [0.2, 0.25) is 5.02 Å². The molecular formula is C11H18ClN5O. The normalized spacial score (nSPS) is 16.6. The molecule has 1 aliphatic rings. The molecule has 0 bridgehead atoms. The van der Waals surface area contributed by atoms with Crippen LogP contribution in [-0.2, 0) is 0 Å². The summed E-state index contributed by atoms with van der Waals surface area (Å²) in [6.45, 7) is 3.76. The minimum atomic E-state index is 0.298. The van der Waals surface area contributed by atoms with Gasteiger partial charge >= 0.3 is 0 Å². The molecule has 18 heavy (non-hydrogen) atoms. The maximum absolute atomic E-state index is 5.94. The summed E-state index contributed by atoms with van der Waals surface area (Å²) in [7, 11) is 0. The molecule has 100 valence electrons. The van der Waals surface area contributed by atoms with Gasteiger partial charge in [0.1, 0.15) is 11.6 Å². The summed E-state index contributed by atoms with van der Waals surface area (Å²) < 4.78 is 5.56. The molecule has 0 aliphatic carbocycles. The molecule has 0 spiro atoms. The summed E-state index contributed by atoms with van der Waals surface area (Å²) in [6, 6.07) is 0. The fourth-order valence-electron chi connectivity index (χ4n) is 1.98. The summed E-state index contributed by atoms with van der Waals surface area (Å²) in [5, 5.41) is 0.396. The van der Waals surface area contributed by atoms with Gasteiger partial charge in [0.15, 0.2) is 0 Å². The fourth-order valence-corrected chi connectivity index (χ4v) is 2.12. The van der Waals surface area contributed by atoms with Crippen LogP contribution >= 0.6 is 11.6 Å². The molecule has 2 rings (SSSR count). The zero-order valence-electron chi connectivity index (χ0n) is 10.2. The first-order valence-corrected chi connectivity index (χ1v) is 6.51. The summed E-state index contributed by atoms with van der Waals surface area (Å²) in [4.78, 5) is 10.3. The Balaban J connectivity index is 1.81. The van der Waals surface area contributed by atoms with E-state index in [0.29, 0.717) is 23.5 Å². The molecule has 0 radical (unpaired) electrons. The predicted molar refractivity (Wildman–Crippen MR) is 70.6 cm³/mol. The van der Waals surface area contributed by atoms with Gasteiger partial charge in [0.2, 0.25) is 11.8 Å². The minimum Gasteiger partial charge on any atom is -0.475 e. The van der Waals surface area contributed by atoms with Gasteiger partial charge in [0, 0.05) is 6.54 Å². The van der Waals surface area contributed by atoms with Crippen molar-refractivity contribution >= 4 is 17.5 Å². The molecule has 0 amide bonds. The van der Waals surface area contributed by atoms with Crippen molar-refractivity contribution in [2.45, 2.75) is 19.3 Å². The molecule has 0 saturated carbocycles. The topological polar surface area (TPSA) is 76.3 Å². The van der Waals surface area contributed by atoms with Gasteiger partial charge in [-0.15, -0.1) is 0 Å². The van der Waals surface area contributed by atoms with Crippen LogP contribution in [0, 0.1) is 0 Å². The van der Waals surface area contributed by atoms with Gasteiger partial charge in [-0.05, 0) is 25.9 Å². The van der Waals surface area contributed by atoms with Gasteiger partial charge in [-0.25, -0.2) is 10.8 Å². The van der Waals surface area contributed by atoms with Crippen LogP contribution in [0.25, 0.3) is 0 Å². The van der Waals surface area contributed by atoms with Gasteiger partial charge in [0.25, 0.3) is 0 Å². The van der Waals surface area contributed by atoms with Crippen LogP contribution in [-0.4, -0.2) is 41.1 Å². The lowest BCUT2D eigenvalue weighted by molar-refractivity contribution is 0.180. The van der Waals surface area contributed by atoms with E-state index >= 15 is 0 Å². The number of hydrogen-bond donors (Lipinski definition) is 2. The van der Waals surface area contributed by atoms with Crippen LogP contribution in [0.15, 0.2) is 6.20 Å². The zero-order chi connectivity index (χ0) is 12.8. The van der Waals surface area contributed by atoms with Crippen molar-refractivity contribution < 1.29 is 4.74 Å². The highest BCUT2D eigenvalue weighted by atomic mass is 35.5. The number of rotatable bonds is 5. The number of anilines is 1. The van der Waals surface area contributed by atoms with Crippen LogP contribution in [0.4, 0.5) is 5.95 Å². The maximum Gasteiger partial charge on any atom is 0.240 e. The fraction of sp³-hybridized carbons (Fsp3) is 0.636. The van der Waals surface area contributed by atoms with E-state index in [9.17, 15) is 0 Å². The third kappa shape index (κ3) is 3.69. The molecule has 1 aliphatic heterocycles. The number of likely N-dealkylation sites (tertiary alicyclic amines) is 1. The molecule has 2 heterocycles. The second kappa shape index (κ2) is 6.72. The Hall–Kier alpha value is -1.11. The summed E-state index contributed by atoms with van der Waals surface area (Å²) >= 11 is 5.94.